The summed E-state index contributed by atoms with van der Waals surface area (Å²) in [6.07, 6.45) is 2.31. The number of piperidine rings is 1. The summed E-state index contributed by atoms with van der Waals surface area (Å²) in [5.41, 5.74) is 10.4. The Morgan fingerprint density at radius 1 is 1.28 bits per heavy atom. The summed E-state index contributed by atoms with van der Waals surface area (Å²) in [5.74, 6) is -0.455. The van der Waals surface area contributed by atoms with Gasteiger partial charge in [0.2, 0.25) is 0 Å². The van der Waals surface area contributed by atoms with Crippen LogP contribution in [0.2, 0.25) is 0 Å². The minimum atomic E-state index is -0.455. The first-order valence-corrected chi connectivity index (χ1v) is 10.1. The van der Waals surface area contributed by atoms with E-state index in [0.29, 0.717) is 11.1 Å². The number of nitrogens with zero attached hydrogens (tertiary/aromatic N) is 2. The highest BCUT2D eigenvalue weighted by Gasteiger charge is 2.68. The molecule has 2 unspecified atom stereocenters. The predicted octanol–water partition coefficient (Wildman–Crippen LogP) is 2.70. The molecule has 1 aliphatic heterocycles. The molecule has 3 N–H and O–H groups in total. The van der Waals surface area contributed by atoms with Crippen LogP contribution >= 0.6 is 0 Å². The van der Waals surface area contributed by atoms with E-state index in [9.17, 15) is 4.79 Å². The number of fused-ring (bicyclic) bond motifs is 2. The molecule has 2 aliphatic rings. The van der Waals surface area contributed by atoms with E-state index in [0.717, 1.165) is 42.9 Å². The third kappa shape index (κ3) is 2.56. The Hall–Kier alpha value is -2.70. The maximum Gasteiger partial charge on any atom is 0.250 e. The van der Waals surface area contributed by atoms with Gasteiger partial charge in [-0.25, -0.2) is 4.68 Å². The number of carbonyl (C=O) groups is 1. The number of primary amides is 1. The van der Waals surface area contributed by atoms with Crippen LogP contribution in [0.3, 0.4) is 0 Å². The molecular weight excluding hydrogens is 364 g/mol. The van der Waals surface area contributed by atoms with Crippen molar-refractivity contribution in [3.8, 4) is 5.69 Å². The first kappa shape index (κ1) is 18.3. The van der Waals surface area contributed by atoms with Crippen molar-refractivity contribution in [3.05, 3.63) is 59.3 Å². The molecule has 0 spiro atoms. The zero-order chi connectivity index (χ0) is 20.2. The standard InChI is InChI=1S/C23H26N4O2/c1-15-18-4-3-5-19(21(24)28)20(18)26-27(15)17-8-6-16(7-9-17)23-10-11-25-13-22(23,12-23)14-29-2/h3-9,25H,10-14H2,1-2H3,(H2,24,28). The van der Waals surface area contributed by atoms with Gasteiger partial charge in [-0.3, -0.25) is 4.79 Å². The minimum absolute atomic E-state index is 0.216. The minimum Gasteiger partial charge on any atom is -0.384 e. The Morgan fingerprint density at radius 2 is 2.07 bits per heavy atom. The largest absolute Gasteiger partial charge is 0.384 e. The molecule has 6 nitrogen and oxygen atoms in total. The Bertz CT molecular complexity index is 1100. The van der Waals surface area contributed by atoms with Gasteiger partial charge < -0.3 is 15.8 Å². The highest BCUT2D eigenvalue weighted by molar-refractivity contribution is 6.05. The summed E-state index contributed by atoms with van der Waals surface area (Å²) < 4.78 is 7.45. The lowest BCUT2D eigenvalue weighted by molar-refractivity contribution is 0.100. The van der Waals surface area contributed by atoms with Crippen molar-refractivity contribution in [3.63, 3.8) is 0 Å². The van der Waals surface area contributed by atoms with Gasteiger partial charge in [0.25, 0.3) is 5.91 Å². The molecule has 1 aliphatic carbocycles. The molecule has 5 rings (SSSR count). The molecule has 0 bridgehead atoms. The van der Waals surface area contributed by atoms with Crippen LogP contribution < -0.4 is 11.1 Å². The van der Waals surface area contributed by atoms with Crippen molar-refractivity contribution in [2.24, 2.45) is 11.1 Å². The lowest BCUT2D eigenvalue weighted by Gasteiger charge is -2.31. The number of methoxy groups -OCH3 is 1. The van der Waals surface area contributed by atoms with Gasteiger partial charge in [0.05, 0.1) is 17.9 Å². The molecule has 1 amide bonds. The maximum absolute atomic E-state index is 11.8. The van der Waals surface area contributed by atoms with E-state index in [1.807, 2.05) is 23.7 Å². The monoisotopic (exact) mass is 390 g/mol. The van der Waals surface area contributed by atoms with Crippen LogP contribution in [0.1, 0.15) is 34.5 Å². The smallest absolute Gasteiger partial charge is 0.250 e. The first-order chi connectivity index (χ1) is 14.0. The summed E-state index contributed by atoms with van der Waals surface area (Å²) in [6.45, 7) is 4.88. The molecule has 0 radical (unpaired) electrons. The number of nitrogens with two attached hydrogens (primary N) is 1. The second-order valence-corrected chi connectivity index (χ2v) is 8.51. The van der Waals surface area contributed by atoms with Gasteiger partial charge in [-0.1, -0.05) is 24.3 Å². The maximum atomic E-state index is 11.8. The van der Waals surface area contributed by atoms with E-state index in [2.05, 4.69) is 29.6 Å². The Balaban J connectivity index is 1.53. The fourth-order valence-electron chi connectivity index (χ4n) is 5.42. The predicted molar refractivity (Wildman–Crippen MR) is 112 cm³/mol. The number of hydrogen-bond donors (Lipinski definition) is 2. The molecule has 1 saturated carbocycles. The quantitative estimate of drug-likeness (QED) is 0.702. The van der Waals surface area contributed by atoms with Crippen LogP contribution in [0, 0.1) is 12.3 Å². The second kappa shape index (κ2) is 6.40. The van der Waals surface area contributed by atoms with Gasteiger partial charge in [-0.05, 0) is 50.1 Å². The number of amides is 1. The Kier molecular flexibility index (Phi) is 4.05. The van der Waals surface area contributed by atoms with Gasteiger partial charge in [0.1, 0.15) is 5.52 Å². The van der Waals surface area contributed by atoms with Crippen molar-refractivity contribution in [2.45, 2.75) is 25.2 Å². The summed E-state index contributed by atoms with van der Waals surface area (Å²) in [5, 5.41) is 9.19. The molecule has 1 aromatic heterocycles. The van der Waals surface area contributed by atoms with Crippen LogP contribution in [0.4, 0.5) is 0 Å². The Morgan fingerprint density at radius 3 is 2.79 bits per heavy atom. The molecule has 6 heteroatoms. The number of rotatable bonds is 5. The molecule has 150 valence electrons. The number of aromatic nitrogens is 2. The SMILES string of the molecule is COCC12CNCCC1(c1ccc(-n3nc4c(C(N)=O)cccc4c3C)cc1)C2. The number of ether oxygens (including phenoxy) is 1. The number of carbonyl (C=O) groups excluding carboxylic acids is 1. The lowest BCUT2D eigenvalue weighted by atomic mass is 9.81. The molecule has 2 heterocycles. The summed E-state index contributed by atoms with van der Waals surface area (Å²) in [6, 6.07) is 14.3. The number of nitrogens with one attached hydrogen (secondary N) is 1. The number of aryl methyl sites for hydroxylation is 1. The van der Waals surface area contributed by atoms with E-state index < -0.39 is 5.91 Å². The zero-order valence-corrected chi connectivity index (χ0v) is 16.9. The van der Waals surface area contributed by atoms with E-state index in [4.69, 9.17) is 15.6 Å². The molecule has 3 aromatic rings. The van der Waals surface area contributed by atoms with Crippen LogP contribution in [0.5, 0.6) is 0 Å². The van der Waals surface area contributed by atoms with Gasteiger partial charge in [-0.15, -0.1) is 0 Å². The van der Waals surface area contributed by atoms with E-state index in [-0.39, 0.29) is 10.8 Å². The third-order valence-electron chi connectivity index (χ3n) is 7.02. The Labute approximate surface area is 170 Å². The van der Waals surface area contributed by atoms with Crippen molar-refractivity contribution in [2.75, 3.05) is 26.8 Å². The van der Waals surface area contributed by atoms with Crippen LogP contribution in [0.25, 0.3) is 16.6 Å². The van der Waals surface area contributed by atoms with E-state index >= 15 is 0 Å². The fourth-order valence-corrected chi connectivity index (χ4v) is 5.42. The van der Waals surface area contributed by atoms with E-state index in [1.165, 1.54) is 12.0 Å². The zero-order valence-electron chi connectivity index (χ0n) is 16.9. The van der Waals surface area contributed by atoms with Crippen LogP contribution in [-0.2, 0) is 10.2 Å². The van der Waals surface area contributed by atoms with E-state index in [1.54, 1.807) is 13.2 Å². The van der Waals surface area contributed by atoms with Crippen molar-refractivity contribution < 1.29 is 9.53 Å². The molecular formula is C23H26N4O2. The lowest BCUT2D eigenvalue weighted by Crippen LogP contribution is -2.40. The van der Waals surface area contributed by atoms with Crippen LogP contribution in [0.15, 0.2) is 42.5 Å². The van der Waals surface area contributed by atoms with Gasteiger partial charge in [0, 0.05) is 35.6 Å². The average molecular weight is 390 g/mol. The third-order valence-corrected chi connectivity index (χ3v) is 7.02. The van der Waals surface area contributed by atoms with Crippen molar-refractivity contribution in [1.82, 2.24) is 15.1 Å². The van der Waals surface area contributed by atoms with Crippen molar-refractivity contribution in [1.29, 1.82) is 0 Å². The number of hydrogen-bond acceptors (Lipinski definition) is 4. The first-order valence-electron chi connectivity index (χ1n) is 10.1. The van der Waals surface area contributed by atoms with Crippen LogP contribution in [-0.4, -0.2) is 42.5 Å². The van der Waals surface area contributed by atoms with Gasteiger partial charge in [-0.2, -0.15) is 5.10 Å². The normalized spacial score (nSPS) is 25.7. The highest BCUT2D eigenvalue weighted by Crippen LogP contribution is 2.67. The van der Waals surface area contributed by atoms with Crippen molar-refractivity contribution >= 4 is 16.8 Å². The molecule has 2 atom stereocenters. The molecule has 1 saturated heterocycles. The highest BCUT2D eigenvalue weighted by atomic mass is 16.5. The topological polar surface area (TPSA) is 82.2 Å². The second-order valence-electron chi connectivity index (χ2n) is 8.51. The fraction of sp³-hybridized carbons (Fsp3) is 0.391. The van der Waals surface area contributed by atoms with Gasteiger partial charge >= 0.3 is 0 Å². The summed E-state index contributed by atoms with van der Waals surface area (Å²) in [4.78, 5) is 11.8. The van der Waals surface area contributed by atoms with Gasteiger partial charge in [0.15, 0.2) is 0 Å². The average Bonchev–Trinajstić information content (AvgIpc) is 3.30. The molecule has 2 fully saturated rings. The molecule has 2 aromatic carbocycles. The summed E-state index contributed by atoms with van der Waals surface area (Å²) >= 11 is 0. The summed E-state index contributed by atoms with van der Waals surface area (Å²) in [7, 11) is 1.79. The molecule has 29 heavy (non-hydrogen) atoms. The number of benzene rings is 2.